The van der Waals surface area contributed by atoms with E-state index in [1.54, 1.807) is 21.3 Å². The number of aromatic nitrogens is 1. The number of methoxy groups -OCH3 is 3. The van der Waals surface area contributed by atoms with E-state index >= 15 is 0 Å². The third-order valence-corrected chi connectivity index (χ3v) is 4.83. The number of nitrogens with two attached hydrogens (primary N) is 1. The van der Waals surface area contributed by atoms with Crippen LogP contribution in [0.15, 0.2) is 48.5 Å². The van der Waals surface area contributed by atoms with Gasteiger partial charge in [-0.1, -0.05) is 24.3 Å². The number of primary amides is 1. The molecule has 0 fully saturated rings. The summed E-state index contributed by atoms with van der Waals surface area (Å²) in [7, 11) is 4.84. The van der Waals surface area contributed by atoms with Gasteiger partial charge in [-0.3, -0.25) is 4.79 Å². The molecule has 146 valence electrons. The Labute approximate surface area is 164 Å². The summed E-state index contributed by atoms with van der Waals surface area (Å²) in [6, 6.07) is 15.2. The van der Waals surface area contributed by atoms with Crippen molar-refractivity contribution in [2.24, 2.45) is 5.73 Å². The summed E-state index contributed by atoms with van der Waals surface area (Å²) in [5.74, 6) is 1.56. The lowest BCUT2D eigenvalue weighted by molar-refractivity contribution is 0.0999. The highest BCUT2D eigenvalue weighted by Gasteiger charge is 2.20. The molecular formula is C22H24N2O4. The van der Waals surface area contributed by atoms with Gasteiger partial charge in [-0.15, -0.1) is 0 Å². The minimum Gasteiger partial charge on any atom is -0.496 e. The smallest absolute Gasteiger partial charge is 0.250 e. The molecule has 1 amide bonds. The van der Waals surface area contributed by atoms with Gasteiger partial charge in [0.25, 0.3) is 5.91 Å². The molecule has 0 spiro atoms. The fourth-order valence-corrected chi connectivity index (χ4v) is 3.43. The van der Waals surface area contributed by atoms with Crippen LogP contribution in [-0.2, 0) is 6.54 Å². The lowest BCUT2D eigenvalue weighted by Gasteiger charge is -2.17. The molecule has 0 aliphatic heterocycles. The van der Waals surface area contributed by atoms with E-state index in [2.05, 4.69) is 0 Å². The third kappa shape index (κ3) is 3.41. The summed E-state index contributed by atoms with van der Waals surface area (Å²) in [6.07, 6.45) is 0. The van der Waals surface area contributed by atoms with Crippen molar-refractivity contribution in [3.63, 3.8) is 0 Å². The predicted octanol–water partition coefficient (Wildman–Crippen LogP) is 3.64. The number of amides is 1. The van der Waals surface area contributed by atoms with Crippen LogP contribution in [0.1, 0.15) is 21.6 Å². The molecule has 3 aromatic rings. The van der Waals surface area contributed by atoms with E-state index < -0.39 is 5.91 Å². The van der Waals surface area contributed by atoms with Gasteiger partial charge in [0.15, 0.2) is 11.5 Å². The maximum Gasteiger partial charge on any atom is 0.250 e. The molecule has 2 aromatic carbocycles. The van der Waals surface area contributed by atoms with Gasteiger partial charge in [-0.05, 0) is 31.2 Å². The Morgan fingerprint density at radius 2 is 1.64 bits per heavy atom. The number of hydrogen-bond donors (Lipinski definition) is 1. The Bertz CT molecular complexity index is 1010. The SMILES string of the molecule is COc1ccccc1-c1cc(C(N)=O)c(C)n1Cc1cccc(OC)c1OC. The second-order valence-electron chi connectivity index (χ2n) is 6.33. The maximum atomic E-state index is 12.0. The van der Waals surface area contributed by atoms with Gasteiger partial charge in [0.05, 0.1) is 39.1 Å². The minimum atomic E-state index is -0.468. The number of rotatable bonds is 7. The number of carbonyl (C=O) groups excluding carboxylic acids is 1. The zero-order chi connectivity index (χ0) is 20.3. The van der Waals surface area contributed by atoms with Crippen LogP contribution in [0.4, 0.5) is 0 Å². The summed E-state index contributed by atoms with van der Waals surface area (Å²) >= 11 is 0. The van der Waals surface area contributed by atoms with Crippen molar-refractivity contribution in [1.82, 2.24) is 4.57 Å². The Balaban J connectivity index is 2.20. The van der Waals surface area contributed by atoms with Crippen molar-refractivity contribution in [3.05, 3.63) is 65.4 Å². The number of nitrogens with zero attached hydrogens (tertiary/aromatic N) is 1. The predicted molar refractivity (Wildman–Crippen MR) is 108 cm³/mol. The van der Waals surface area contributed by atoms with Crippen LogP contribution in [0.3, 0.4) is 0 Å². The molecule has 28 heavy (non-hydrogen) atoms. The molecule has 0 saturated carbocycles. The molecule has 1 aromatic heterocycles. The monoisotopic (exact) mass is 380 g/mol. The first-order valence-corrected chi connectivity index (χ1v) is 8.85. The minimum absolute atomic E-state index is 0.468. The summed E-state index contributed by atoms with van der Waals surface area (Å²) in [6.45, 7) is 2.36. The number of benzene rings is 2. The zero-order valence-electron chi connectivity index (χ0n) is 16.5. The Morgan fingerprint density at radius 3 is 2.29 bits per heavy atom. The molecular weight excluding hydrogens is 356 g/mol. The molecule has 0 bridgehead atoms. The first-order chi connectivity index (χ1) is 13.5. The highest BCUT2D eigenvalue weighted by atomic mass is 16.5. The molecule has 3 rings (SSSR count). The molecule has 6 heteroatoms. The standard InChI is InChI=1S/C22H24N2O4/c1-14-17(22(23)25)12-18(16-9-5-6-10-19(16)26-2)24(14)13-15-8-7-11-20(27-3)21(15)28-4/h5-12H,13H2,1-4H3,(H2,23,25). The lowest BCUT2D eigenvalue weighted by atomic mass is 10.1. The highest BCUT2D eigenvalue weighted by molar-refractivity contribution is 5.96. The molecule has 0 aliphatic rings. The van der Waals surface area contributed by atoms with Crippen LogP contribution in [0.5, 0.6) is 17.2 Å². The van der Waals surface area contributed by atoms with Crippen molar-refractivity contribution in [3.8, 4) is 28.5 Å². The number of carbonyl (C=O) groups is 1. The average Bonchev–Trinajstić information content (AvgIpc) is 3.04. The van der Waals surface area contributed by atoms with Gasteiger partial charge in [-0.2, -0.15) is 0 Å². The Morgan fingerprint density at radius 1 is 0.964 bits per heavy atom. The third-order valence-electron chi connectivity index (χ3n) is 4.83. The van der Waals surface area contributed by atoms with E-state index in [0.29, 0.717) is 23.6 Å². The van der Waals surface area contributed by atoms with E-state index in [1.807, 2.05) is 60.0 Å². The number of hydrogen-bond acceptors (Lipinski definition) is 4. The molecule has 0 unspecified atom stereocenters. The number of ether oxygens (including phenoxy) is 3. The molecule has 6 nitrogen and oxygen atoms in total. The van der Waals surface area contributed by atoms with E-state index in [4.69, 9.17) is 19.9 Å². The summed E-state index contributed by atoms with van der Waals surface area (Å²) in [5.41, 5.74) is 9.51. The first kappa shape index (κ1) is 19.4. The van der Waals surface area contributed by atoms with Gasteiger partial charge in [0, 0.05) is 16.8 Å². The second-order valence-corrected chi connectivity index (χ2v) is 6.33. The van der Waals surface area contributed by atoms with Crippen molar-refractivity contribution in [1.29, 1.82) is 0 Å². The summed E-state index contributed by atoms with van der Waals surface area (Å²) < 4.78 is 18.5. The first-order valence-electron chi connectivity index (χ1n) is 8.85. The van der Waals surface area contributed by atoms with E-state index in [0.717, 1.165) is 28.3 Å². The molecule has 1 heterocycles. The normalized spacial score (nSPS) is 10.6. The van der Waals surface area contributed by atoms with Gasteiger partial charge in [-0.25, -0.2) is 0 Å². The molecule has 0 aliphatic carbocycles. The van der Waals surface area contributed by atoms with E-state index in [9.17, 15) is 4.79 Å². The quantitative estimate of drug-likeness (QED) is 0.679. The van der Waals surface area contributed by atoms with Crippen molar-refractivity contribution in [2.45, 2.75) is 13.5 Å². The summed E-state index contributed by atoms with van der Waals surface area (Å²) in [5, 5.41) is 0. The molecule has 0 atom stereocenters. The molecule has 0 saturated heterocycles. The van der Waals surface area contributed by atoms with Crippen molar-refractivity contribution >= 4 is 5.91 Å². The van der Waals surface area contributed by atoms with E-state index in [-0.39, 0.29) is 0 Å². The zero-order valence-corrected chi connectivity index (χ0v) is 16.5. The van der Waals surface area contributed by atoms with Gasteiger partial charge < -0.3 is 24.5 Å². The highest BCUT2D eigenvalue weighted by Crippen LogP contribution is 2.36. The van der Waals surface area contributed by atoms with Crippen molar-refractivity contribution < 1.29 is 19.0 Å². The molecule has 0 radical (unpaired) electrons. The lowest BCUT2D eigenvalue weighted by Crippen LogP contribution is -2.13. The largest absolute Gasteiger partial charge is 0.496 e. The van der Waals surface area contributed by atoms with Crippen LogP contribution in [-0.4, -0.2) is 31.8 Å². The van der Waals surface area contributed by atoms with Crippen LogP contribution in [0.25, 0.3) is 11.3 Å². The second kappa shape index (κ2) is 8.08. The fourth-order valence-electron chi connectivity index (χ4n) is 3.43. The van der Waals surface area contributed by atoms with Crippen LogP contribution in [0, 0.1) is 6.92 Å². The number of para-hydroxylation sites is 2. The van der Waals surface area contributed by atoms with Gasteiger partial charge >= 0.3 is 0 Å². The van der Waals surface area contributed by atoms with Gasteiger partial charge in [0.2, 0.25) is 0 Å². The van der Waals surface area contributed by atoms with Crippen LogP contribution in [0.2, 0.25) is 0 Å². The Kier molecular flexibility index (Phi) is 5.59. The topological polar surface area (TPSA) is 75.7 Å². The average molecular weight is 380 g/mol. The van der Waals surface area contributed by atoms with Gasteiger partial charge in [0.1, 0.15) is 5.75 Å². The van der Waals surface area contributed by atoms with Crippen LogP contribution >= 0.6 is 0 Å². The van der Waals surface area contributed by atoms with Crippen molar-refractivity contribution in [2.75, 3.05) is 21.3 Å². The fraction of sp³-hybridized carbons (Fsp3) is 0.227. The molecule has 2 N–H and O–H groups in total. The van der Waals surface area contributed by atoms with E-state index in [1.165, 1.54) is 0 Å². The Hall–Kier alpha value is -3.41. The van der Waals surface area contributed by atoms with Crippen LogP contribution < -0.4 is 19.9 Å². The maximum absolute atomic E-state index is 12.0. The summed E-state index contributed by atoms with van der Waals surface area (Å²) in [4.78, 5) is 12.0.